The Bertz CT molecular complexity index is 922. The maximum absolute atomic E-state index is 12.7. The third kappa shape index (κ3) is 4.12. The normalized spacial score (nSPS) is 26.9. The number of halogens is 1. The zero-order valence-corrected chi connectivity index (χ0v) is 20.1. The third-order valence-electron chi connectivity index (χ3n) is 6.42. The number of benzene rings is 1. The number of carbonyl (C=O) groups excluding carboxylic acids is 2. The van der Waals surface area contributed by atoms with Crippen molar-refractivity contribution in [2.24, 2.45) is 28.7 Å². The van der Waals surface area contributed by atoms with E-state index in [0.717, 1.165) is 12.2 Å². The molecule has 32 heavy (non-hydrogen) atoms. The first-order valence-corrected chi connectivity index (χ1v) is 10.7. The minimum atomic E-state index is -0.145. The lowest BCUT2D eigenvalue weighted by Crippen LogP contribution is -2.44. The fraction of sp³-hybridized carbons (Fsp3) is 0.500. The van der Waals surface area contributed by atoms with Crippen molar-refractivity contribution in [3.05, 3.63) is 30.4 Å². The summed E-state index contributed by atoms with van der Waals surface area (Å²) in [5.74, 6) is 2.85. The van der Waals surface area contributed by atoms with Gasteiger partial charge in [0.05, 0.1) is 18.4 Å². The number of hydrogen-bond donors (Lipinski definition) is 2. The molecular weight excluding hydrogens is 527 g/mol. The Morgan fingerprint density at radius 3 is 2.50 bits per heavy atom. The van der Waals surface area contributed by atoms with Gasteiger partial charge in [0, 0.05) is 26.2 Å². The summed E-state index contributed by atoms with van der Waals surface area (Å²) in [5.41, 5.74) is 0. The van der Waals surface area contributed by atoms with Gasteiger partial charge in [-0.15, -0.1) is 24.0 Å². The second-order valence-corrected chi connectivity index (χ2v) is 8.12. The number of amides is 2. The van der Waals surface area contributed by atoms with Crippen LogP contribution in [0.5, 0.6) is 17.2 Å². The topological polar surface area (TPSA) is 101 Å². The molecule has 0 spiro atoms. The van der Waals surface area contributed by atoms with Gasteiger partial charge in [-0.1, -0.05) is 12.2 Å². The Labute approximate surface area is 203 Å². The second-order valence-electron chi connectivity index (χ2n) is 8.12. The number of nitrogens with zero attached hydrogens (tertiary/aromatic N) is 2. The van der Waals surface area contributed by atoms with Gasteiger partial charge in [-0.2, -0.15) is 0 Å². The van der Waals surface area contributed by atoms with Gasteiger partial charge < -0.3 is 24.8 Å². The largest absolute Gasteiger partial charge is 0.492 e. The number of hydrogen-bond acceptors (Lipinski definition) is 6. The number of likely N-dealkylation sites (tertiary alicyclic amines) is 1. The molecule has 2 bridgehead atoms. The molecule has 9 nitrogen and oxygen atoms in total. The Balaban J connectivity index is 0.00000245. The van der Waals surface area contributed by atoms with E-state index >= 15 is 0 Å². The van der Waals surface area contributed by atoms with E-state index in [4.69, 9.17) is 14.2 Å². The molecule has 0 aromatic heterocycles. The third-order valence-corrected chi connectivity index (χ3v) is 6.42. The van der Waals surface area contributed by atoms with Gasteiger partial charge in [0.25, 0.3) is 0 Å². The molecule has 1 saturated carbocycles. The summed E-state index contributed by atoms with van der Waals surface area (Å²) in [4.78, 5) is 31.0. The molecule has 2 amide bonds. The fourth-order valence-electron chi connectivity index (χ4n) is 5.00. The molecule has 4 atom stereocenters. The van der Waals surface area contributed by atoms with Gasteiger partial charge in [0.15, 0.2) is 17.5 Å². The lowest BCUT2D eigenvalue weighted by atomic mass is 9.85. The highest BCUT2D eigenvalue weighted by Crippen LogP contribution is 2.52. The van der Waals surface area contributed by atoms with Crippen LogP contribution < -0.4 is 24.8 Å². The Morgan fingerprint density at radius 1 is 1.09 bits per heavy atom. The molecular formula is C22H27IN4O5. The molecule has 1 saturated heterocycles. The van der Waals surface area contributed by atoms with Gasteiger partial charge in [0.2, 0.25) is 18.6 Å². The SMILES string of the molecule is CN=C(NCCOc1ccc2c(c1)OCO2)NCCN1C(=O)C2C3C=CC(C3)C2C1=O.I. The van der Waals surface area contributed by atoms with Gasteiger partial charge in [-0.25, -0.2) is 0 Å². The van der Waals surface area contributed by atoms with Crippen LogP contribution in [0.25, 0.3) is 0 Å². The number of carbonyl (C=O) groups is 2. The lowest BCUT2D eigenvalue weighted by molar-refractivity contribution is -0.140. The van der Waals surface area contributed by atoms with Crippen molar-refractivity contribution in [3.63, 3.8) is 0 Å². The van der Waals surface area contributed by atoms with Crippen LogP contribution >= 0.6 is 24.0 Å². The minimum absolute atomic E-state index is 0. The molecule has 0 radical (unpaired) electrons. The monoisotopic (exact) mass is 554 g/mol. The Kier molecular flexibility index (Phi) is 6.77. The van der Waals surface area contributed by atoms with Crippen LogP contribution in [-0.4, -0.2) is 62.8 Å². The molecule has 172 valence electrons. The van der Waals surface area contributed by atoms with Crippen molar-refractivity contribution in [2.75, 3.05) is 40.1 Å². The number of guanidine groups is 1. The van der Waals surface area contributed by atoms with Crippen molar-refractivity contribution in [3.8, 4) is 17.2 Å². The predicted octanol–water partition coefficient (Wildman–Crippen LogP) is 1.38. The molecule has 2 N–H and O–H groups in total. The lowest BCUT2D eigenvalue weighted by Gasteiger charge is -2.18. The van der Waals surface area contributed by atoms with E-state index in [1.165, 1.54) is 4.90 Å². The minimum Gasteiger partial charge on any atom is -0.492 e. The van der Waals surface area contributed by atoms with Crippen molar-refractivity contribution < 1.29 is 23.8 Å². The summed E-state index contributed by atoms with van der Waals surface area (Å²) in [6.45, 7) is 1.99. The van der Waals surface area contributed by atoms with Crippen molar-refractivity contribution in [2.45, 2.75) is 6.42 Å². The van der Waals surface area contributed by atoms with E-state index in [1.54, 1.807) is 13.1 Å². The van der Waals surface area contributed by atoms with Crippen LogP contribution in [0, 0.1) is 23.7 Å². The number of rotatable bonds is 7. The van der Waals surface area contributed by atoms with Crippen LogP contribution in [0.3, 0.4) is 0 Å². The summed E-state index contributed by atoms with van der Waals surface area (Å²) >= 11 is 0. The maximum atomic E-state index is 12.7. The summed E-state index contributed by atoms with van der Waals surface area (Å²) in [7, 11) is 1.67. The van der Waals surface area contributed by atoms with E-state index in [9.17, 15) is 9.59 Å². The van der Waals surface area contributed by atoms with Crippen molar-refractivity contribution >= 4 is 41.8 Å². The van der Waals surface area contributed by atoms with E-state index in [0.29, 0.717) is 43.7 Å². The molecule has 2 heterocycles. The molecule has 2 aliphatic heterocycles. The Morgan fingerprint density at radius 2 is 1.78 bits per heavy atom. The van der Waals surface area contributed by atoms with Gasteiger partial charge >= 0.3 is 0 Å². The van der Waals surface area contributed by atoms with Gasteiger partial charge in [-0.3, -0.25) is 19.5 Å². The van der Waals surface area contributed by atoms with Gasteiger partial charge in [-0.05, 0) is 30.4 Å². The number of aliphatic imine (C=N–C) groups is 1. The van der Waals surface area contributed by atoms with Crippen molar-refractivity contribution in [1.29, 1.82) is 0 Å². The van der Waals surface area contributed by atoms with E-state index in [1.807, 2.05) is 12.1 Å². The highest BCUT2D eigenvalue weighted by atomic mass is 127. The average molecular weight is 554 g/mol. The molecule has 2 aliphatic carbocycles. The molecule has 5 rings (SSSR count). The quantitative estimate of drug-likeness (QED) is 0.131. The number of fused-ring (bicyclic) bond motifs is 6. The predicted molar refractivity (Wildman–Crippen MR) is 127 cm³/mol. The van der Waals surface area contributed by atoms with Crippen LogP contribution in [-0.2, 0) is 9.59 Å². The smallest absolute Gasteiger partial charge is 0.233 e. The first-order valence-electron chi connectivity index (χ1n) is 10.7. The highest BCUT2D eigenvalue weighted by Gasteiger charge is 2.58. The molecule has 2 fully saturated rings. The first-order chi connectivity index (χ1) is 15.2. The van der Waals surface area contributed by atoms with E-state index in [2.05, 4.69) is 27.8 Å². The number of ether oxygens (including phenoxy) is 3. The van der Waals surface area contributed by atoms with Gasteiger partial charge in [0.1, 0.15) is 12.4 Å². The summed E-state index contributed by atoms with van der Waals surface area (Å²) in [6.07, 6.45) is 5.16. The van der Waals surface area contributed by atoms with E-state index < -0.39 is 0 Å². The van der Waals surface area contributed by atoms with Crippen LogP contribution in [0.15, 0.2) is 35.3 Å². The molecule has 1 aromatic rings. The maximum Gasteiger partial charge on any atom is 0.233 e. The first kappa shape index (κ1) is 22.7. The highest BCUT2D eigenvalue weighted by molar-refractivity contribution is 14.0. The van der Waals surface area contributed by atoms with E-state index in [-0.39, 0.29) is 66.3 Å². The standard InChI is InChI=1S/C22H26N4O5.HI/c1-23-22(25-7-9-29-15-4-5-16-17(11-15)31-12-30-16)24-6-8-26-20(27)18-13-2-3-14(10-13)19(18)21(26)28;/h2-5,11,13-14,18-19H,6-10,12H2,1H3,(H2,23,24,25);1H. The van der Waals surface area contributed by atoms with Crippen LogP contribution in [0.1, 0.15) is 6.42 Å². The summed E-state index contributed by atoms with van der Waals surface area (Å²) in [6, 6.07) is 5.46. The number of imide groups is 1. The zero-order chi connectivity index (χ0) is 21.4. The van der Waals surface area contributed by atoms with Crippen LogP contribution in [0.4, 0.5) is 0 Å². The second kappa shape index (κ2) is 9.55. The molecule has 4 unspecified atom stereocenters. The summed E-state index contributed by atoms with van der Waals surface area (Å²) in [5, 5.41) is 6.32. The number of nitrogens with one attached hydrogen (secondary N) is 2. The van der Waals surface area contributed by atoms with Crippen molar-refractivity contribution in [1.82, 2.24) is 15.5 Å². The molecule has 10 heteroatoms. The molecule has 4 aliphatic rings. The Hall–Kier alpha value is -2.50. The zero-order valence-electron chi connectivity index (χ0n) is 17.8. The summed E-state index contributed by atoms with van der Waals surface area (Å²) < 4.78 is 16.3. The average Bonchev–Trinajstić information content (AvgIpc) is 3.55. The molecule has 1 aromatic carbocycles. The fourth-order valence-corrected chi connectivity index (χ4v) is 5.00. The van der Waals surface area contributed by atoms with Crippen LogP contribution in [0.2, 0.25) is 0 Å². The number of allylic oxidation sites excluding steroid dienone is 2.